The molecule has 0 aromatic heterocycles. The van der Waals surface area contributed by atoms with E-state index in [9.17, 15) is 5.11 Å². The van der Waals surface area contributed by atoms with E-state index in [-0.39, 0.29) is 5.17 Å². The number of aliphatic hydroxyl groups is 1. The number of anilines is 1. The summed E-state index contributed by atoms with van der Waals surface area (Å²) < 4.78 is 2.50. The Balaban J connectivity index is 2.68. The fourth-order valence-corrected chi connectivity index (χ4v) is 3.02. The van der Waals surface area contributed by atoms with Crippen molar-refractivity contribution >= 4 is 38.3 Å². The van der Waals surface area contributed by atoms with Gasteiger partial charge in [-0.2, -0.15) is 0 Å². The van der Waals surface area contributed by atoms with Crippen LogP contribution < -0.4 is 5.01 Å². The molecule has 0 saturated carbocycles. The quantitative estimate of drug-likeness (QED) is 0.657. The lowest BCUT2D eigenvalue weighted by Crippen LogP contribution is -2.41. The van der Waals surface area contributed by atoms with Gasteiger partial charge in [0.2, 0.25) is 5.17 Å². The number of nitrogens with zero attached hydrogens (tertiary/aromatic N) is 2. The molecule has 0 atom stereocenters. The molecular weight excluding hydrogens is 324 g/mol. The molecule has 23 heavy (non-hydrogen) atoms. The normalized spacial score (nSPS) is 10.3. The number of aryl methyl sites for hydroxylation is 2. The van der Waals surface area contributed by atoms with E-state index in [1.807, 2.05) is 31.2 Å². The summed E-state index contributed by atoms with van der Waals surface area (Å²) in [5.74, 6) is 0. The van der Waals surface area contributed by atoms with Crippen molar-refractivity contribution in [2.24, 2.45) is 0 Å². The van der Waals surface area contributed by atoms with E-state index in [0.29, 0.717) is 0 Å². The van der Waals surface area contributed by atoms with Crippen molar-refractivity contribution in [2.75, 3.05) is 19.1 Å². The summed E-state index contributed by atoms with van der Waals surface area (Å²) in [6.07, 6.45) is 0. The Hall–Kier alpha value is -1.75. The van der Waals surface area contributed by atoms with Gasteiger partial charge in [0.05, 0.1) is 5.69 Å². The average molecular weight is 345 g/mol. The third-order valence-electron chi connectivity index (χ3n) is 3.46. The van der Waals surface area contributed by atoms with E-state index in [4.69, 9.17) is 12.2 Å². The van der Waals surface area contributed by atoms with Gasteiger partial charge in [0, 0.05) is 24.0 Å². The summed E-state index contributed by atoms with van der Waals surface area (Å²) in [6, 6.07) is 14.5. The third-order valence-corrected chi connectivity index (χ3v) is 4.15. The largest absolute Gasteiger partial charge is 0.337 e. The molecular formula is C18H20N2OS2. The summed E-state index contributed by atoms with van der Waals surface area (Å²) in [6.45, 7) is 4.13. The molecule has 120 valence electrons. The fraction of sp³-hybridized carbons (Fsp3) is 0.222. The number of hydrogen-bond acceptors (Lipinski definition) is 2. The van der Waals surface area contributed by atoms with E-state index in [1.165, 1.54) is 5.56 Å². The molecule has 0 saturated heterocycles. The predicted molar refractivity (Wildman–Crippen MR) is 105 cm³/mol. The van der Waals surface area contributed by atoms with Crippen LogP contribution in [0.5, 0.6) is 0 Å². The van der Waals surface area contributed by atoms with Gasteiger partial charge < -0.3 is 5.11 Å². The van der Waals surface area contributed by atoms with E-state index in [2.05, 4.69) is 48.5 Å². The van der Waals surface area contributed by atoms with Gasteiger partial charge in [0.1, 0.15) is 0 Å². The molecule has 0 spiro atoms. The highest BCUT2D eigenvalue weighted by molar-refractivity contribution is 8.04. The van der Waals surface area contributed by atoms with Crippen LogP contribution >= 0.6 is 23.2 Å². The van der Waals surface area contributed by atoms with Crippen molar-refractivity contribution in [3.8, 4) is 11.1 Å². The van der Waals surface area contributed by atoms with Crippen LogP contribution in [0.4, 0.5) is 5.69 Å². The molecule has 3 nitrogen and oxygen atoms in total. The number of hydrogen-bond donors (Lipinski definition) is 1. The Labute approximate surface area is 146 Å². The van der Waals surface area contributed by atoms with E-state index < -0.39 is 0 Å². The van der Waals surface area contributed by atoms with Crippen LogP contribution in [0.2, 0.25) is 0 Å². The first-order chi connectivity index (χ1) is 10.9. The second-order valence-corrected chi connectivity index (χ2v) is 6.75. The van der Waals surface area contributed by atoms with Crippen molar-refractivity contribution in [1.82, 2.24) is 5.01 Å². The van der Waals surface area contributed by atoms with Crippen LogP contribution in [-0.2, 0) is 0 Å². The maximum Gasteiger partial charge on any atom is 0.227 e. The Kier molecular flexibility index (Phi) is 5.88. The molecule has 0 aliphatic carbocycles. The molecule has 1 N–H and O–H groups in total. The van der Waals surface area contributed by atoms with Gasteiger partial charge in [-0.15, -0.1) is 0 Å². The maximum atomic E-state index is 10.4. The maximum absolute atomic E-state index is 10.4. The minimum Gasteiger partial charge on any atom is -0.337 e. The topological polar surface area (TPSA) is 26.7 Å². The fourth-order valence-electron chi connectivity index (χ4n) is 2.37. The Morgan fingerprint density at radius 2 is 1.65 bits per heavy atom. The molecule has 0 unspecified atom stereocenters. The van der Waals surface area contributed by atoms with Crippen LogP contribution in [0.25, 0.3) is 11.1 Å². The molecule has 0 aliphatic heterocycles. The standard InChI is InChI=1S/C18H20N2OS2/c1-13-5-8-15(9-6-13)16-11-14(2)7-10-17(16)20(19(3)4)18(21)23-12-22/h5-11,21H,1-4H3. The van der Waals surface area contributed by atoms with Crippen LogP contribution in [-0.4, -0.2) is 33.7 Å². The van der Waals surface area contributed by atoms with E-state index in [1.54, 1.807) is 5.01 Å². The monoisotopic (exact) mass is 344 g/mol. The van der Waals surface area contributed by atoms with Gasteiger partial charge in [-0.1, -0.05) is 41.5 Å². The molecule has 0 fully saturated rings. The smallest absolute Gasteiger partial charge is 0.227 e. The zero-order valence-corrected chi connectivity index (χ0v) is 15.3. The SMILES string of the molecule is Cc1ccc(-c2cc(C)ccc2N(C(O)=S=C=S)N(C)C)cc1. The zero-order chi connectivity index (χ0) is 17.0. The molecule has 0 bridgehead atoms. The first-order valence-electron chi connectivity index (χ1n) is 7.19. The molecule has 0 heterocycles. The van der Waals surface area contributed by atoms with E-state index in [0.717, 1.165) is 33.3 Å². The van der Waals surface area contributed by atoms with E-state index >= 15 is 0 Å². The van der Waals surface area contributed by atoms with Crippen molar-refractivity contribution in [2.45, 2.75) is 13.8 Å². The van der Waals surface area contributed by atoms with Crippen LogP contribution in [0.3, 0.4) is 0 Å². The summed E-state index contributed by atoms with van der Waals surface area (Å²) >= 11 is 4.73. The molecule has 2 rings (SSSR count). The highest BCUT2D eigenvalue weighted by Crippen LogP contribution is 2.32. The third kappa shape index (κ3) is 4.16. The zero-order valence-electron chi connectivity index (χ0n) is 13.7. The molecule has 5 heteroatoms. The van der Waals surface area contributed by atoms with Crippen molar-refractivity contribution < 1.29 is 5.11 Å². The number of thiocarbonyl (C=S) groups is 1. The van der Waals surface area contributed by atoms with Gasteiger partial charge in [-0.3, -0.25) is 0 Å². The number of hydrazine groups is 1. The molecule has 0 aliphatic rings. The van der Waals surface area contributed by atoms with Gasteiger partial charge in [-0.05, 0) is 54.7 Å². The highest BCUT2D eigenvalue weighted by atomic mass is 32.1. The van der Waals surface area contributed by atoms with Crippen LogP contribution in [0, 0.1) is 13.8 Å². The lowest BCUT2D eigenvalue weighted by molar-refractivity contribution is 0.393. The Morgan fingerprint density at radius 3 is 2.22 bits per heavy atom. The molecule has 0 amide bonds. The highest BCUT2D eigenvalue weighted by Gasteiger charge is 2.18. The number of aliphatic hydroxyl groups excluding tert-OH is 1. The average Bonchev–Trinajstić information content (AvgIpc) is 2.50. The van der Waals surface area contributed by atoms with Crippen LogP contribution in [0.1, 0.15) is 11.1 Å². The van der Waals surface area contributed by atoms with Gasteiger partial charge in [0.15, 0.2) is 0 Å². The second kappa shape index (κ2) is 7.68. The lowest BCUT2D eigenvalue weighted by atomic mass is 10.00. The second-order valence-electron chi connectivity index (χ2n) is 5.51. The van der Waals surface area contributed by atoms with Crippen molar-refractivity contribution in [1.29, 1.82) is 0 Å². The Morgan fingerprint density at radius 1 is 1.04 bits per heavy atom. The van der Waals surface area contributed by atoms with Crippen molar-refractivity contribution in [3.63, 3.8) is 0 Å². The summed E-state index contributed by atoms with van der Waals surface area (Å²) in [7, 11) is 4.74. The predicted octanol–water partition coefficient (Wildman–Crippen LogP) is 4.47. The minimum atomic E-state index is 0.0715. The summed E-state index contributed by atoms with van der Waals surface area (Å²) in [5.41, 5.74) is 5.42. The molecule has 2 aromatic rings. The lowest BCUT2D eigenvalue weighted by Gasteiger charge is -2.30. The summed E-state index contributed by atoms with van der Waals surface area (Å²) in [4.78, 5) is 0. The number of benzene rings is 2. The Bertz CT molecular complexity index is 787. The molecule has 2 aromatic carbocycles. The first kappa shape index (κ1) is 17.6. The number of rotatable bonds is 3. The molecule has 0 radical (unpaired) electrons. The van der Waals surface area contributed by atoms with Gasteiger partial charge in [-0.25, -0.2) is 10.0 Å². The van der Waals surface area contributed by atoms with Crippen molar-refractivity contribution in [3.05, 3.63) is 53.6 Å². The van der Waals surface area contributed by atoms with Crippen LogP contribution in [0.15, 0.2) is 42.5 Å². The minimum absolute atomic E-state index is 0.0715. The summed E-state index contributed by atoms with van der Waals surface area (Å²) in [5, 5.41) is 14.0. The van der Waals surface area contributed by atoms with Gasteiger partial charge >= 0.3 is 0 Å². The first-order valence-corrected chi connectivity index (χ1v) is 8.41. The van der Waals surface area contributed by atoms with Gasteiger partial charge in [0.25, 0.3) is 0 Å².